The highest BCUT2D eigenvalue weighted by Gasteiger charge is 2.68. The second-order valence-corrected chi connectivity index (χ2v) is 8.75. The molecule has 4 saturated carbocycles. The highest BCUT2D eigenvalue weighted by atomic mass is 16.6. The van der Waals surface area contributed by atoms with Crippen molar-refractivity contribution in [1.82, 2.24) is 0 Å². The summed E-state index contributed by atoms with van der Waals surface area (Å²) in [5.74, 6) is 2.58. The summed E-state index contributed by atoms with van der Waals surface area (Å²) in [5.41, 5.74) is 0. The average molecular weight is 382 g/mol. The number of hydrogen-bond donors (Lipinski definition) is 0. The lowest BCUT2D eigenvalue weighted by Gasteiger charge is -2.41. The van der Waals surface area contributed by atoms with Crippen LogP contribution >= 0.6 is 0 Å². The SMILES string of the molecule is O=C(OC1C2CC(C1OC(=O)c1ccco1)C1C3CCC(C3)C21)c1ccco1. The van der Waals surface area contributed by atoms with Gasteiger partial charge in [0, 0.05) is 11.8 Å². The summed E-state index contributed by atoms with van der Waals surface area (Å²) in [6.07, 6.45) is 6.89. The van der Waals surface area contributed by atoms with E-state index in [0.29, 0.717) is 11.8 Å². The largest absolute Gasteiger partial charge is 0.457 e. The normalized spacial score (nSPS) is 39.9. The first-order valence-corrected chi connectivity index (χ1v) is 10.2. The molecule has 2 aromatic rings. The van der Waals surface area contributed by atoms with Crippen LogP contribution < -0.4 is 0 Å². The van der Waals surface area contributed by atoms with Gasteiger partial charge >= 0.3 is 11.9 Å². The second-order valence-electron chi connectivity index (χ2n) is 8.75. The Morgan fingerprint density at radius 1 is 0.786 bits per heavy atom. The molecule has 6 heteroatoms. The van der Waals surface area contributed by atoms with Crippen LogP contribution in [0.5, 0.6) is 0 Å². The van der Waals surface area contributed by atoms with E-state index in [1.165, 1.54) is 31.8 Å². The number of hydrogen-bond acceptors (Lipinski definition) is 6. The third-order valence-electron chi connectivity index (χ3n) is 7.68. The summed E-state index contributed by atoms with van der Waals surface area (Å²) in [6.45, 7) is 0. The Morgan fingerprint density at radius 2 is 1.29 bits per heavy atom. The lowest BCUT2D eigenvalue weighted by molar-refractivity contribution is -0.0908. The van der Waals surface area contributed by atoms with Crippen LogP contribution in [0.2, 0.25) is 0 Å². The third-order valence-corrected chi connectivity index (χ3v) is 7.68. The van der Waals surface area contributed by atoms with E-state index in [-0.39, 0.29) is 23.4 Å². The summed E-state index contributed by atoms with van der Waals surface area (Å²) < 4.78 is 22.2. The molecule has 4 aliphatic rings. The number of rotatable bonds is 4. The van der Waals surface area contributed by atoms with E-state index < -0.39 is 24.1 Å². The molecular formula is C22H22O6. The summed E-state index contributed by atoms with van der Waals surface area (Å²) in [6, 6.07) is 6.52. The lowest BCUT2D eigenvalue weighted by atomic mass is 9.69. The molecule has 0 amide bonds. The summed E-state index contributed by atoms with van der Waals surface area (Å²) in [4.78, 5) is 25.2. The van der Waals surface area contributed by atoms with Gasteiger partial charge in [0.05, 0.1) is 12.5 Å². The van der Waals surface area contributed by atoms with Gasteiger partial charge in [-0.15, -0.1) is 0 Å². The molecule has 4 fully saturated rings. The van der Waals surface area contributed by atoms with Crippen LogP contribution in [0.25, 0.3) is 0 Å². The molecule has 0 aliphatic heterocycles. The van der Waals surface area contributed by atoms with Crippen molar-refractivity contribution >= 4 is 11.9 Å². The van der Waals surface area contributed by atoms with Crippen LogP contribution in [0.3, 0.4) is 0 Å². The molecule has 0 aromatic carbocycles. The molecule has 2 heterocycles. The number of fused-ring (bicyclic) bond motifs is 9. The fourth-order valence-electron chi connectivity index (χ4n) is 6.93. The van der Waals surface area contributed by atoms with Crippen LogP contribution in [-0.4, -0.2) is 24.1 Å². The highest BCUT2D eigenvalue weighted by Crippen LogP contribution is 2.68. The molecule has 0 radical (unpaired) electrons. The molecule has 4 aliphatic carbocycles. The first-order valence-electron chi connectivity index (χ1n) is 10.2. The fourth-order valence-corrected chi connectivity index (χ4v) is 6.93. The van der Waals surface area contributed by atoms with Crippen molar-refractivity contribution in [3.63, 3.8) is 0 Å². The quantitative estimate of drug-likeness (QED) is 0.589. The van der Waals surface area contributed by atoms with E-state index in [0.717, 1.165) is 18.3 Å². The van der Waals surface area contributed by atoms with Crippen LogP contribution in [-0.2, 0) is 9.47 Å². The van der Waals surface area contributed by atoms with Crippen LogP contribution in [0.1, 0.15) is 46.8 Å². The minimum Gasteiger partial charge on any atom is -0.457 e. The standard InChI is InChI=1S/C22H22O6/c23-21(15-3-1-7-25-15)27-19-13-10-14(18-12-6-5-11(9-12)17(13)18)20(19)28-22(24)16-4-2-8-26-16/h1-4,7-8,11-14,17-20H,5-6,9-10H2. The van der Waals surface area contributed by atoms with Crippen LogP contribution in [0.4, 0.5) is 0 Å². The Labute approximate surface area is 162 Å². The van der Waals surface area contributed by atoms with Crippen molar-refractivity contribution < 1.29 is 27.9 Å². The summed E-state index contributed by atoms with van der Waals surface area (Å²) >= 11 is 0. The predicted octanol–water partition coefficient (Wildman–Crippen LogP) is 3.94. The van der Waals surface area contributed by atoms with Crippen LogP contribution in [0, 0.1) is 35.5 Å². The smallest absolute Gasteiger partial charge is 0.374 e. The predicted molar refractivity (Wildman–Crippen MR) is 95.2 cm³/mol. The van der Waals surface area contributed by atoms with Gasteiger partial charge in [-0.05, 0) is 73.6 Å². The maximum Gasteiger partial charge on any atom is 0.374 e. The molecule has 8 atom stereocenters. The molecule has 6 rings (SSSR count). The number of ether oxygens (including phenoxy) is 2. The molecule has 2 aromatic heterocycles. The molecule has 0 N–H and O–H groups in total. The minimum atomic E-state index is -0.485. The van der Waals surface area contributed by atoms with E-state index in [4.69, 9.17) is 18.3 Å². The van der Waals surface area contributed by atoms with Crippen molar-refractivity contribution in [3.05, 3.63) is 48.3 Å². The Bertz CT molecular complexity index is 812. The Morgan fingerprint density at radius 3 is 1.71 bits per heavy atom. The van der Waals surface area contributed by atoms with Gasteiger partial charge in [0.2, 0.25) is 11.5 Å². The van der Waals surface area contributed by atoms with E-state index in [1.807, 2.05) is 0 Å². The van der Waals surface area contributed by atoms with E-state index >= 15 is 0 Å². The number of carbonyl (C=O) groups is 2. The van der Waals surface area contributed by atoms with Gasteiger partial charge < -0.3 is 18.3 Å². The van der Waals surface area contributed by atoms with Crippen molar-refractivity contribution in [2.24, 2.45) is 35.5 Å². The Hall–Kier alpha value is -2.50. The van der Waals surface area contributed by atoms with Crippen molar-refractivity contribution in [1.29, 1.82) is 0 Å². The molecule has 0 spiro atoms. The minimum absolute atomic E-state index is 0.184. The first-order chi connectivity index (χ1) is 13.7. The molecule has 6 nitrogen and oxygen atoms in total. The molecule has 0 saturated heterocycles. The van der Waals surface area contributed by atoms with Crippen molar-refractivity contribution in [3.8, 4) is 0 Å². The lowest BCUT2D eigenvalue weighted by Crippen LogP contribution is -2.48. The molecule has 146 valence electrons. The van der Waals surface area contributed by atoms with Gasteiger partial charge in [-0.2, -0.15) is 0 Å². The molecule has 4 bridgehead atoms. The second kappa shape index (κ2) is 6.00. The van der Waals surface area contributed by atoms with Crippen molar-refractivity contribution in [2.45, 2.75) is 37.9 Å². The van der Waals surface area contributed by atoms with Gasteiger partial charge in [0.25, 0.3) is 0 Å². The Balaban J connectivity index is 1.29. The maximum absolute atomic E-state index is 12.6. The zero-order valence-electron chi connectivity index (χ0n) is 15.4. The summed E-state index contributed by atoms with van der Waals surface area (Å²) in [5, 5.41) is 0. The van der Waals surface area contributed by atoms with Gasteiger partial charge in [-0.1, -0.05) is 0 Å². The van der Waals surface area contributed by atoms with Crippen LogP contribution in [0.15, 0.2) is 45.6 Å². The number of esters is 2. The van der Waals surface area contributed by atoms with E-state index in [9.17, 15) is 9.59 Å². The summed E-state index contributed by atoms with van der Waals surface area (Å²) in [7, 11) is 0. The topological polar surface area (TPSA) is 78.9 Å². The van der Waals surface area contributed by atoms with Gasteiger partial charge in [0.1, 0.15) is 12.2 Å². The third kappa shape index (κ3) is 2.26. The van der Waals surface area contributed by atoms with Gasteiger partial charge in [0.15, 0.2) is 0 Å². The fraction of sp³-hybridized carbons (Fsp3) is 0.545. The number of carbonyl (C=O) groups excluding carboxylic acids is 2. The first kappa shape index (κ1) is 16.5. The average Bonchev–Trinajstić information content (AvgIpc) is 3.53. The monoisotopic (exact) mass is 382 g/mol. The number of furan rings is 2. The van der Waals surface area contributed by atoms with E-state index in [1.54, 1.807) is 24.3 Å². The highest BCUT2D eigenvalue weighted by molar-refractivity contribution is 5.87. The molecule has 28 heavy (non-hydrogen) atoms. The zero-order chi connectivity index (χ0) is 18.8. The van der Waals surface area contributed by atoms with Gasteiger partial charge in [-0.3, -0.25) is 0 Å². The Kier molecular flexibility index (Phi) is 3.52. The molecule has 8 unspecified atom stereocenters. The molecular weight excluding hydrogens is 360 g/mol. The van der Waals surface area contributed by atoms with E-state index in [2.05, 4.69) is 0 Å². The van der Waals surface area contributed by atoms with Gasteiger partial charge in [-0.25, -0.2) is 9.59 Å². The maximum atomic E-state index is 12.6. The zero-order valence-corrected chi connectivity index (χ0v) is 15.4. The van der Waals surface area contributed by atoms with Crippen molar-refractivity contribution in [2.75, 3.05) is 0 Å².